The number of hydrogen-bond acceptors (Lipinski definition) is 3. The molecule has 0 atom stereocenters. The molecular weight excluding hydrogens is 290 g/mol. The first-order valence-corrected chi connectivity index (χ1v) is 8.56. The highest BCUT2D eigenvalue weighted by atomic mass is 16.2. The molecule has 0 unspecified atom stereocenters. The number of fused-ring (bicyclic) bond motifs is 1. The van der Waals surface area contributed by atoms with E-state index in [2.05, 4.69) is 15.1 Å². The molecule has 0 spiro atoms. The highest BCUT2D eigenvalue weighted by Gasteiger charge is 2.39. The van der Waals surface area contributed by atoms with E-state index in [-0.39, 0.29) is 11.5 Å². The van der Waals surface area contributed by atoms with E-state index in [0.29, 0.717) is 28.6 Å². The van der Waals surface area contributed by atoms with Gasteiger partial charge in [0.25, 0.3) is 11.5 Å². The van der Waals surface area contributed by atoms with Gasteiger partial charge in [-0.15, -0.1) is 0 Å². The Bertz CT molecular complexity index is 788. The number of benzene rings is 1. The van der Waals surface area contributed by atoms with E-state index in [1.165, 1.54) is 19.3 Å². The number of carbonyl (C=O) groups is 1. The Morgan fingerprint density at radius 2 is 1.65 bits per heavy atom. The summed E-state index contributed by atoms with van der Waals surface area (Å²) >= 11 is 0. The maximum absolute atomic E-state index is 13.2. The smallest absolute Gasteiger partial charge is 0.275 e. The summed E-state index contributed by atoms with van der Waals surface area (Å²) in [6, 6.07) is 7.91. The number of H-pyrrole nitrogens is 1. The summed E-state index contributed by atoms with van der Waals surface area (Å²) in [6.45, 7) is 0. The molecule has 5 heteroatoms. The van der Waals surface area contributed by atoms with Gasteiger partial charge in [0.15, 0.2) is 5.69 Å². The van der Waals surface area contributed by atoms with E-state index in [4.69, 9.17) is 0 Å². The lowest BCUT2D eigenvalue weighted by Gasteiger charge is -2.34. The SMILES string of the molecule is O=C(c1n[nH]c(=O)c2ccccc12)N(C1CCCCC1)C1CC1. The van der Waals surface area contributed by atoms with Crippen molar-refractivity contribution in [2.45, 2.75) is 57.0 Å². The van der Waals surface area contributed by atoms with Crippen LogP contribution in [-0.2, 0) is 0 Å². The molecule has 0 saturated heterocycles. The van der Waals surface area contributed by atoms with E-state index >= 15 is 0 Å². The minimum absolute atomic E-state index is 0.0214. The van der Waals surface area contributed by atoms with Crippen molar-refractivity contribution in [2.75, 3.05) is 0 Å². The lowest BCUT2D eigenvalue weighted by molar-refractivity contribution is 0.0609. The number of nitrogens with one attached hydrogen (secondary N) is 1. The summed E-state index contributed by atoms with van der Waals surface area (Å²) in [5, 5.41) is 7.78. The van der Waals surface area contributed by atoms with Crippen LogP contribution in [0.1, 0.15) is 55.4 Å². The standard InChI is InChI=1S/C18H21N3O2/c22-17-15-9-5-4-8-14(15)16(19-20-17)18(23)21(13-10-11-13)12-6-2-1-3-7-12/h4-5,8-9,12-13H,1-3,6-7,10-11H2,(H,20,22). The van der Waals surface area contributed by atoms with Crippen LogP contribution in [0.15, 0.2) is 29.1 Å². The molecule has 0 bridgehead atoms. The summed E-state index contributed by atoms with van der Waals surface area (Å²) in [7, 11) is 0. The molecule has 2 fully saturated rings. The molecular formula is C18H21N3O2. The molecule has 2 aliphatic rings. The van der Waals surface area contributed by atoms with Gasteiger partial charge in [0.2, 0.25) is 0 Å². The van der Waals surface area contributed by atoms with Crippen LogP contribution in [-0.4, -0.2) is 33.1 Å². The van der Waals surface area contributed by atoms with E-state index in [0.717, 1.165) is 25.7 Å². The molecule has 0 radical (unpaired) electrons. The predicted octanol–water partition coefficient (Wildman–Crippen LogP) is 2.86. The molecule has 2 saturated carbocycles. The Balaban J connectivity index is 1.75. The monoisotopic (exact) mass is 311 g/mol. The molecule has 4 rings (SSSR count). The fourth-order valence-electron chi connectivity index (χ4n) is 3.74. The minimum atomic E-state index is -0.243. The van der Waals surface area contributed by atoms with Crippen LogP contribution in [0.5, 0.6) is 0 Å². The largest absolute Gasteiger partial charge is 0.331 e. The van der Waals surface area contributed by atoms with Crippen molar-refractivity contribution in [3.63, 3.8) is 0 Å². The highest BCUT2D eigenvalue weighted by Crippen LogP contribution is 2.35. The van der Waals surface area contributed by atoms with Gasteiger partial charge in [-0.25, -0.2) is 5.10 Å². The van der Waals surface area contributed by atoms with Crippen LogP contribution in [0.4, 0.5) is 0 Å². The Hall–Kier alpha value is -2.17. The van der Waals surface area contributed by atoms with Crippen LogP contribution in [0.25, 0.3) is 10.8 Å². The number of rotatable bonds is 3. The Labute approximate surface area is 134 Å². The zero-order valence-corrected chi connectivity index (χ0v) is 13.1. The molecule has 23 heavy (non-hydrogen) atoms. The fourth-order valence-corrected chi connectivity index (χ4v) is 3.74. The van der Waals surface area contributed by atoms with E-state index < -0.39 is 0 Å². The second-order valence-electron chi connectivity index (χ2n) is 6.68. The molecule has 1 amide bonds. The molecule has 2 aromatic rings. The fraction of sp³-hybridized carbons (Fsp3) is 0.500. The third-order valence-electron chi connectivity index (χ3n) is 5.04. The number of nitrogens with zero attached hydrogens (tertiary/aromatic N) is 2. The number of amides is 1. The summed E-state index contributed by atoms with van der Waals surface area (Å²) < 4.78 is 0. The maximum Gasteiger partial charge on any atom is 0.275 e. The predicted molar refractivity (Wildman–Crippen MR) is 88.4 cm³/mol. The molecule has 1 aromatic carbocycles. The maximum atomic E-state index is 13.2. The molecule has 0 aliphatic heterocycles. The quantitative estimate of drug-likeness (QED) is 0.948. The Morgan fingerprint density at radius 1 is 1.00 bits per heavy atom. The second kappa shape index (κ2) is 5.80. The topological polar surface area (TPSA) is 66.1 Å². The van der Waals surface area contributed by atoms with Gasteiger partial charge in [-0.1, -0.05) is 37.5 Å². The van der Waals surface area contributed by atoms with Crippen molar-refractivity contribution in [3.05, 3.63) is 40.3 Å². The molecule has 120 valence electrons. The van der Waals surface area contributed by atoms with Crippen molar-refractivity contribution >= 4 is 16.7 Å². The summed E-state index contributed by atoms with van der Waals surface area (Å²) in [5.41, 5.74) is 0.144. The van der Waals surface area contributed by atoms with E-state index in [1.807, 2.05) is 18.2 Å². The third-order valence-corrected chi connectivity index (χ3v) is 5.04. The highest BCUT2D eigenvalue weighted by molar-refractivity contribution is 6.05. The van der Waals surface area contributed by atoms with Gasteiger partial charge < -0.3 is 4.90 Å². The van der Waals surface area contributed by atoms with Crippen LogP contribution in [0.3, 0.4) is 0 Å². The van der Waals surface area contributed by atoms with Crippen LogP contribution in [0.2, 0.25) is 0 Å². The summed E-state index contributed by atoms with van der Waals surface area (Å²) in [6.07, 6.45) is 8.01. The molecule has 2 aliphatic carbocycles. The number of aromatic amines is 1. The number of aromatic nitrogens is 2. The van der Waals surface area contributed by atoms with Crippen molar-refractivity contribution in [1.82, 2.24) is 15.1 Å². The third kappa shape index (κ3) is 2.64. The van der Waals surface area contributed by atoms with Crippen LogP contribution < -0.4 is 5.56 Å². The Kier molecular flexibility index (Phi) is 3.63. The average Bonchev–Trinajstić information content (AvgIpc) is 3.41. The first-order valence-electron chi connectivity index (χ1n) is 8.56. The van der Waals surface area contributed by atoms with Gasteiger partial charge in [0, 0.05) is 17.5 Å². The average molecular weight is 311 g/mol. The van der Waals surface area contributed by atoms with Crippen molar-refractivity contribution in [1.29, 1.82) is 0 Å². The van der Waals surface area contributed by atoms with Gasteiger partial charge in [-0.2, -0.15) is 5.10 Å². The first kappa shape index (κ1) is 14.4. The first-order chi connectivity index (χ1) is 11.3. The lowest BCUT2D eigenvalue weighted by atomic mass is 9.93. The zero-order valence-electron chi connectivity index (χ0n) is 13.1. The zero-order chi connectivity index (χ0) is 15.8. The van der Waals surface area contributed by atoms with Crippen molar-refractivity contribution in [3.8, 4) is 0 Å². The van der Waals surface area contributed by atoms with E-state index in [1.54, 1.807) is 6.07 Å². The van der Waals surface area contributed by atoms with Gasteiger partial charge in [0.05, 0.1) is 5.39 Å². The van der Waals surface area contributed by atoms with Gasteiger partial charge in [0.1, 0.15) is 0 Å². The second-order valence-corrected chi connectivity index (χ2v) is 6.68. The Morgan fingerprint density at radius 3 is 2.35 bits per heavy atom. The summed E-state index contributed by atoms with van der Waals surface area (Å²) in [4.78, 5) is 27.2. The summed E-state index contributed by atoms with van der Waals surface area (Å²) in [5.74, 6) is -0.0214. The molecule has 1 aromatic heterocycles. The number of carbonyl (C=O) groups excluding carboxylic acids is 1. The van der Waals surface area contributed by atoms with Crippen molar-refractivity contribution in [2.24, 2.45) is 0 Å². The normalized spacial score (nSPS) is 19.0. The van der Waals surface area contributed by atoms with Gasteiger partial charge in [-0.3, -0.25) is 9.59 Å². The van der Waals surface area contributed by atoms with E-state index in [9.17, 15) is 9.59 Å². The lowest BCUT2D eigenvalue weighted by Crippen LogP contribution is -2.43. The minimum Gasteiger partial charge on any atom is -0.331 e. The number of hydrogen-bond donors (Lipinski definition) is 1. The van der Waals surface area contributed by atoms with Gasteiger partial charge in [-0.05, 0) is 31.7 Å². The molecule has 1 heterocycles. The molecule has 1 N–H and O–H groups in total. The van der Waals surface area contributed by atoms with Crippen molar-refractivity contribution < 1.29 is 4.79 Å². The van der Waals surface area contributed by atoms with Gasteiger partial charge >= 0.3 is 0 Å². The van der Waals surface area contributed by atoms with Crippen LogP contribution >= 0.6 is 0 Å². The van der Waals surface area contributed by atoms with Crippen LogP contribution in [0, 0.1) is 0 Å². The molecule has 5 nitrogen and oxygen atoms in total.